The number of aliphatic imine (C=N–C) groups is 1. The van der Waals surface area contributed by atoms with Crippen LogP contribution in [0.1, 0.15) is 43.0 Å². The second kappa shape index (κ2) is 7.26. The van der Waals surface area contributed by atoms with Crippen LogP contribution in [0.5, 0.6) is 0 Å². The van der Waals surface area contributed by atoms with Crippen LogP contribution in [-0.4, -0.2) is 42.8 Å². The number of hydrogen-bond donors (Lipinski definition) is 1. The van der Waals surface area contributed by atoms with Crippen molar-refractivity contribution in [3.8, 4) is 0 Å². The van der Waals surface area contributed by atoms with Crippen LogP contribution >= 0.6 is 0 Å². The molecule has 0 aromatic carbocycles. The molecular formula is C16H23N3O3. The average Bonchev–Trinajstić information content (AvgIpc) is 2.88. The van der Waals surface area contributed by atoms with Gasteiger partial charge in [0.1, 0.15) is 0 Å². The van der Waals surface area contributed by atoms with Crippen molar-refractivity contribution in [2.24, 2.45) is 4.99 Å². The fourth-order valence-corrected chi connectivity index (χ4v) is 2.29. The van der Waals surface area contributed by atoms with Crippen LogP contribution in [0.4, 0.5) is 5.69 Å². The molecule has 1 aromatic rings. The van der Waals surface area contributed by atoms with Gasteiger partial charge in [-0.3, -0.25) is 4.79 Å². The molecule has 0 saturated carbocycles. The van der Waals surface area contributed by atoms with Gasteiger partial charge in [-0.1, -0.05) is 13.5 Å². The van der Waals surface area contributed by atoms with Gasteiger partial charge in [-0.15, -0.1) is 0 Å². The Bertz CT molecular complexity index is 583. The van der Waals surface area contributed by atoms with Gasteiger partial charge in [0, 0.05) is 31.3 Å². The van der Waals surface area contributed by atoms with Gasteiger partial charge in [0.05, 0.1) is 18.9 Å². The van der Waals surface area contributed by atoms with Crippen LogP contribution < -0.4 is 5.73 Å². The van der Waals surface area contributed by atoms with Gasteiger partial charge in [0.2, 0.25) is 0 Å². The van der Waals surface area contributed by atoms with E-state index in [0.29, 0.717) is 55.7 Å². The van der Waals surface area contributed by atoms with E-state index in [1.807, 2.05) is 18.7 Å². The number of nitrogens with zero attached hydrogens (tertiary/aromatic N) is 2. The minimum absolute atomic E-state index is 0.0443. The zero-order valence-corrected chi connectivity index (χ0v) is 13.2. The molecule has 1 aliphatic heterocycles. The minimum Gasteiger partial charge on any atom is -0.447 e. The molecule has 0 spiro atoms. The largest absolute Gasteiger partial charge is 0.447 e. The first kappa shape index (κ1) is 16.3. The predicted octanol–water partition coefficient (Wildman–Crippen LogP) is 2.46. The first-order valence-corrected chi connectivity index (χ1v) is 7.52. The van der Waals surface area contributed by atoms with E-state index < -0.39 is 0 Å². The van der Waals surface area contributed by atoms with E-state index in [9.17, 15) is 4.79 Å². The topological polar surface area (TPSA) is 81.1 Å². The number of nitrogen functional groups attached to an aromatic ring is 1. The number of Topliss-reactive ketones (excluding diaryl/α,β-unsaturated/α-hetero) is 1. The van der Waals surface area contributed by atoms with Gasteiger partial charge >= 0.3 is 0 Å². The minimum atomic E-state index is -0.0443. The highest BCUT2D eigenvalue weighted by Crippen LogP contribution is 2.23. The lowest BCUT2D eigenvalue weighted by Crippen LogP contribution is -2.41. The van der Waals surface area contributed by atoms with Crippen LogP contribution in [0, 0.1) is 0 Å². The Morgan fingerprint density at radius 2 is 2.14 bits per heavy atom. The number of nitrogens with two attached hydrogens (primary N) is 1. The molecule has 6 nitrogen and oxygen atoms in total. The quantitative estimate of drug-likeness (QED) is 0.513. The van der Waals surface area contributed by atoms with Gasteiger partial charge in [-0.05, 0) is 13.3 Å². The third kappa shape index (κ3) is 3.76. The molecule has 2 rings (SSSR count). The Balaban J connectivity index is 2.35. The molecule has 22 heavy (non-hydrogen) atoms. The van der Waals surface area contributed by atoms with Crippen molar-refractivity contribution in [1.29, 1.82) is 0 Å². The second-order valence-electron chi connectivity index (χ2n) is 5.34. The third-order valence-corrected chi connectivity index (χ3v) is 3.32. The summed E-state index contributed by atoms with van der Waals surface area (Å²) < 4.78 is 11.1. The van der Waals surface area contributed by atoms with Crippen LogP contribution in [0.2, 0.25) is 0 Å². The molecule has 1 fully saturated rings. The lowest BCUT2D eigenvalue weighted by molar-refractivity contribution is 0.0677. The Morgan fingerprint density at radius 3 is 2.73 bits per heavy atom. The molecule has 0 bridgehead atoms. The van der Waals surface area contributed by atoms with Crippen molar-refractivity contribution < 1.29 is 13.9 Å². The number of anilines is 1. The highest BCUT2D eigenvalue weighted by molar-refractivity contribution is 6.03. The van der Waals surface area contributed by atoms with Crippen LogP contribution in [-0.2, 0) is 4.74 Å². The summed E-state index contributed by atoms with van der Waals surface area (Å²) in [7, 11) is 0. The number of morpholine rings is 1. The van der Waals surface area contributed by atoms with E-state index >= 15 is 0 Å². The molecule has 0 amide bonds. The first-order chi connectivity index (χ1) is 10.5. The van der Waals surface area contributed by atoms with E-state index in [0.717, 1.165) is 6.42 Å². The lowest BCUT2D eigenvalue weighted by Gasteiger charge is -2.29. The summed E-state index contributed by atoms with van der Waals surface area (Å²) in [5.41, 5.74) is 7.12. The molecule has 2 N–H and O–H groups in total. The number of carbonyl (C=O) groups is 1. The maximum Gasteiger partial charge on any atom is 0.198 e. The van der Waals surface area contributed by atoms with E-state index in [-0.39, 0.29) is 11.5 Å². The molecule has 0 radical (unpaired) electrons. The molecule has 1 aliphatic rings. The fraction of sp³-hybridized carbons (Fsp3) is 0.500. The highest BCUT2D eigenvalue weighted by Gasteiger charge is 2.24. The number of allylic oxidation sites excluding steroid dienone is 1. The molecule has 2 heterocycles. The number of amidine groups is 1. The number of ether oxygens (including phenoxy) is 1. The fourth-order valence-electron chi connectivity index (χ4n) is 2.29. The summed E-state index contributed by atoms with van der Waals surface area (Å²) in [5, 5.41) is 0. The van der Waals surface area contributed by atoms with E-state index in [1.54, 1.807) is 6.07 Å². The molecule has 1 aromatic heterocycles. The van der Waals surface area contributed by atoms with Gasteiger partial charge in [-0.25, -0.2) is 4.99 Å². The standard InChI is InChI=1S/C16H23N3O3/c1-4-5-13(20)14-10-12(17)15(22-14)16(18-11(2)3)19-6-8-21-9-7-19/h10H,2,4-9,17H2,1,3H3. The van der Waals surface area contributed by atoms with E-state index in [1.165, 1.54) is 0 Å². The summed E-state index contributed by atoms with van der Waals surface area (Å²) in [6, 6.07) is 1.59. The van der Waals surface area contributed by atoms with Crippen molar-refractivity contribution in [3.05, 3.63) is 29.9 Å². The Labute approximate surface area is 130 Å². The number of hydrogen-bond acceptors (Lipinski definition) is 5. The Kier molecular flexibility index (Phi) is 5.38. The lowest BCUT2D eigenvalue weighted by atomic mass is 10.2. The van der Waals surface area contributed by atoms with Crippen molar-refractivity contribution >= 4 is 17.3 Å². The number of carbonyl (C=O) groups excluding carboxylic acids is 1. The van der Waals surface area contributed by atoms with E-state index in [2.05, 4.69) is 11.6 Å². The second-order valence-corrected chi connectivity index (χ2v) is 5.34. The molecule has 0 aliphatic carbocycles. The molecule has 1 saturated heterocycles. The Morgan fingerprint density at radius 1 is 1.45 bits per heavy atom. The van der Waals surface area contributed by atoms with Crippen LogP contribution in [0.3, 0.4) is 0 Å². The van der Waals surface area contributed by atoms with Crippen molar-refractivity contribution in [2.45, 2.75) is 26.7 Å². The van der Waals surface area contributed by atoms with Gasteiger partial charge in [0.15, 0.2) is 23.1 Å². The Hall–Kier alpha value is -2.08. The SMILES string of the molecule is C=C(C)N=C(c1oc(C(=O)CCC)cc1N)N1CCOCC1. The number of furan rings is 1. The monoisotopic (exact) mass is 305 g/mol. The maximum absolute atomic E-state index is 12.0. The molecular weight excluding hydrogens is 282 g/mol. The summed E-state index contributed by atoms with van der Waals surface area (Å²) in [5.74, 6) is 1.29. The van der Waals surface area contributed by atoms with Crippen molar-refractivity contribution in [3.63, 3.8) is 0 Å². The molecule has 6 heteroatoms. The van der Waals surface area contributed by atoms with Crippen molar-refractivity contribution in [2.75, 3.05) is 32.0 Å². The van der Waals surface area contributed by atoms with Crippen molar-refractivity contribution in [1.82, 2.24) is 4.90 Å². The van der Waals surface area contributed by atoms with E-state index in [4.69, 9.17) is 14.9 Å². The summed E-state index contributed by atoms with van der Waals surface area (Å²) in [4.78, 5) is 18.5. The zero-order chi connectivity index (χ0) is 16.1. The highest BCUT2D eigenvalue weighted by atomic mass is 16.5. The van der Waals surface area contributed by atoms with Gasteiger partial charge in [-0.2, -0.15) is 0 Å². The normalized spacial score (nSPS) is 15.9. The van der Waals surface area contributed by atoms with Gasteiger partial charge in [0.25, 0.3) is 0 Å². The summed E-state index contributed by atoms with van der Waals surface area (Å²) in [6.45, 7) is 10.2. The summed E-state index contributed by atoms with van der Waals surface area (Å²) in [6.07, 6.45) is 1.21. The molecule has 0 atom stereocenters. The average molecular weight is 305 g/mol. The number of ketones is 1. The van der Waals surface area contributed by atoms with Gasteiger partial charge < -0.3 is 19.8 Å². The maximum atomic E-state index is 12.0. The molecule has 0 unspecified atom stereocenters. The first-order valence-electron chi connectivity index (χ1n) is 7.52. The predicted molar refractivity (Wildman–Crippen MR) is 86.1 cm³/mol. The van der Waals surface area contributed by atoms with Crippen LogP contribution in [0.25, 0.3) is 0 Å². The summed E-state index contributed by atoms with van der Waals surface area (Å²) >= 11 is 0. The van der Waals surface area contributed by atoms with Crippen LogP contribution in [0.15, 0.2) is 27.8 Å². The molecule has 120 valence electrons. The zero-order valence-electron chi connectivity index (χ0n) is 13.2. The number of rotatable bonds is 5. The third-order valence-electron chi connectivity index (χ3n) is 3.32. The smallest absolute Gasteiger partial charge is 0.198 e.